The zero-order valence-corrected chi connectivity index (χ0v) is 10.9. The van der Waals surface area contributed by atoms with Gasteiger partial charge in [0.05, 0.1) is 0 Å². The Morgan fingerprint density at radius 1 is 0.826 bits per heavy atom. The van der Waals surface area contributed by atoms with E-state index in [4.69, 9.17) is 4.42 Å². The summed E-state index contributed by atoms with van der Waals surface area (Å²) in [6.07, 6.45) is 0. The third-order valence-corrected chi connectivity index (χ3v) is 3.17. The summed E-state index contributed by atoms with van der Waals surface area (Å²) in [5.74, 6) is -2.71. The fraction of sp³-hybridized carbons (Fsp3) is 0. The number of aromatic hydroxyl groups is 5. The maximum absolute atomic E-state index is 12.1. The monoisotopic (exact) mass is 392 g/mol. The second-order valence-corrected chi connectivity index (χ2v) is 4.65. The quantitative estimate of drug-likeness (QED) is 0.309. The van der Waals surface area contributed by atoms with Crippen LogP contribution in [0.15, 0.2) is 39.5 Å². The Kier molecular flexibility index (Phi) is 4.81. The van der Waals surface area contributed by atoms with Gasteiger partial charge in [-0.15, -0.1) is 0 Å². The third-order valence-electron chi connectivity index (χ3n) is 3.17. The summed E-state index contributed by atoms with van der Waals surface area (Å²) < 4.78 is 5.35. The number of benzene rings is 2. The van der Waals surface area contributed by atoms with Crippen molar-refractivity contribution < 1.29 is 29.9 Å². The molecule has 0 spiro atoms. The molecule has 0 amide bonds. The molecule has 0 atom stereocenters. The Balaban J connectivity index is 0.00000192. The van der Waals surface area contributed by atoms with Crippen molar-refractivity contribution in [3.05, 3.63) is 40.6 Å². The summed E-state index contributed by atoms with van der Waals surface area (Å²) in [4.78, 5) is 12.1. The van der Waals surface area contributed by atoms with Crippen molar-refractivity contribution in [1.82, 2.24) is 0 Å². The number of fused-ring (bicyclic) bond motifs is 1. The van der Waals surface area contributed by atoms with Gasteiger partial charge in [0.2, 0.25) is 11.2 Å². The summed E-state index contributed by atoms with van der Waals surface area (Å²) in [5, 5.41) is 47.6. The van der Waals surface area contributed by atoms with Crippen LogP contribution in [-0.4, -0.2) is 71.0 Å². The van der Waals surface area contributed by atoms with Gasteiger partial charge < -0.3 is 29.9 Å². The summed E-state index contributed by atoms with van der Waals surface area (Å²) in [7, 11) is 0. The van der Waals surface area contributed by atoms with E-state index in [2.05, 4.69) is 0 Å². The Morgan fingerprint density at radius 3 is 2.17 bits per heavy atom. The van der Waals surface area contributed by atoms with Crippen LogP contribution < -0.4 is 5.43 Å². The van der Waals surface area contributed by atoms with E-state index >= 15 is 0 Å². The summed E-state index contributed by atoms with van der Waals surface area (Å²) in [6, 6.07) is 5.64. The summed E-state index contributed by atoms with van der Waals surface area (Å²) in [6.45, 7) is 0. The molecule has 0 radical (unpaired) electrons. The van der Waals surface area contributed by atoms with Crippen molar-refractivity contribution in [2.75, 3.05) is 0 Å². The molecule has 0 aliphatic rings. The van der Waals surface area contributed by atoms with Gasteiger partial charge in [0, 0.05) is 17.7 Å². The van der Waals surface area contributed by atoms with E-state index in [1.165, 1.54) is 6.07 Å². The molecular formula is C15H12O7Sr. The second kappa shape index (κ2) is 6.32. The number of phenolic OH excluding ortho intramolecular Hbond substituents is 4. The van der Waals surface area contributed by atoms with Gasteiger partial charge in [-0.25, -0.2) is 0 Å². The first-order chi connectivity index (χ1) is 10.4. The molecule has 3 rings (SSSR count). The van der Waals surface area contributed by atoms with Gasteiger partial charge in [-0.05, 0) is 18.2 Å². The van der Waals surface area contributed by atoms with E-state index in [1.807, 2.05) is 0 Å². The first-order valence-corrected chi connectivity index (χ1v) is 6.12. The van der Waals surface area contributed by atoms with E-state index in [1.54, 1.807) is 0 Å². The SMILES string of the molecule is O=c1c(O)c(-c2ccc(O)c(O)c2)oc2cc(O)cc(O)c12.[SrH2]. The molecule has 0 fully saturated rings. The van der Waals surface area contributed by atoms with Crippen LogP contribution in [0.25, 0.3) is 22.3 Å². The summed E-state index contributed by atoms with van der Waals surface area (Å²) in [5.41, 5.74) is -0.890. The first kappa shape index (κ1) is 17.5. The van der Waals surface area contributed by atoms with Crippen LogP contribution in [0.4, 0.5) is 0 Å². The van der Waals surface area contributed by atoms with Gasteiger partial charge in [-0.2, -0.15) is 0 Å². The second-order valence-electron chi connectivity index (χ2n) is 4.65. The fourth-order valence-electron chi connectivity index (χ4n) is 2.14. The molecule has 0 aliphatic heterocycles. The average molecular weight is 392 g/mol. The molecule has 8 heteroatoms. The zero-order chi connectivity index (χ0) is 16.0. The molecule has 0 bridgehead atoms. The van der Waals surface area contributed by atoms with Gasteiger partial charge in [-0.1, -0.05) is 0 Å². The minimum atomic E-state index is -0.888. The zero-order valence-electron chi connectivity index (χ0n) is 10.9. The standard InChI is InChI=1S/C15H10O7.Sr.2H/c16-7-4-10(19)12-11(5-7)22-15(14(21)13(12)20)6-1-2-8(17)9(18)3-6;;;/h1-5,16-19,21H;;;. The van der Waals surface area contributed by atoms with Crippen molar-refractivity contribution in [2.45, 2.75) is 0 Å². The molecule has 0 saturated heterocycles. The van der Waals surface area contributed by atoms with Gasteiger partial charge >= 0.3 is 45.5 Å². The number of phenols is 4. The van der Waals surface area contributed by atoms with Crippen LogP contribution in [0, 0.1) is 0 Å². The van der Waals surface area contributed by atoms with Crippen molar-refractivity contribution in [2.24, 2.45) is 0 Å². The number of hydrogen-bond donors (Lipinski definition) is 5. The Hall–Kier alpha value is -1.87. The van der Waals surface area contributed by atoms with Crippen LogP contribution in [0.3, 0.4) is 0 Å². The molecule has 3 aromatic rings. The molecule has 23 heavy (non-hydrogen) atoms. The first-order valence-electron chi connectivity index (χ1n) is 6.12. The van der Waals surface area contributed by atoms with Crippen molar-refractivity contribution in [3.63, 3.8) is 0 Å². The van der Waals surface area contributed by atoms with Crippen LogP contribution >= 0.6 is 0 Å². The molecule has 0 saturated carbocycles. The predicted molar refractivity (Wildman–Crippen MR) is 84.8 cm³/mol. The molecule has 1 heterocycles. The summed E-state index contributed by atoms with van der Waals surface area (Å²) >= 11 is 0. The van der Waals surface area contributed by atoms with Crippen molar-refractivity contribution in [1.29, 1.82) is 0 Å². The van der Waals surface area contributed by atoms with Gasteiger partial charge in [-0.3, -0.25) is 4.79 Å². The Morgan fingerprint density at radius 2 is 1.52 bits per heavy atom. The maximum atomic E-state index is 12.1. The Bertz CT molecular complexity index is 962. The van der Waals surface area contributed by atoms with Gasteiger partial charge in [0.1, 0.15) is 22.5 Å². The molecule has 0 aliphatic carbocycles. The molecule has 116 valence electrons. The minimum absolute atomic E-state index is 0. The number of hydrogen-bond acceptors (Lipinski definition) is 7. The van der Waals surface area contributed by atoms with E-state index in [9.17, 15) is 30.3 Å². The number of rotatable bonds is 1. The van der Waals surface area contributed by atoms with Gasteiger partial charge in [0.25, 0.3) is 0 Å². The average Bonchev–Trinajstić information content (AvgIpc) is 2.45. The van der Waals surface area contributed by atoms with E-state index in [0.717, 1.165) is 24.3 Å². The molecular weight excluding hydrogens is 380 g/mol. The predicted octanol–water partition coefficient (Wildman–Crippen LogP) is 1.07. The van der Waals surface area contributed by atoms with Gasteiger partial charge in [0.15, 0.2) is 17.3 Å². The Labute approximate surface area is 165 Å². The van der Waals surface area contributed by atoms with E-state index in [-0.39, 0.29) is 79.3 Å². The third kappa shape index (κ3) is 2.98. The van der Waals surface area contributed by atoms with E-state index in [0.29, 0.717) is 0 Å². The molecule has 7 nitrogen and oxygen atoms in total. The fourth-order valence-corrected chi connectivity index (χ4v) is 2.14. The van der Waals surface area contributed by atoms with Crippen LogP contribution in [0.1, 0.15) is 0 Å². The van der Waals surface area contributed by atoms with Crippen LogP contribution in [0.2, 0.25) is 0 Å². The molecule has 5 N–H and O–H groups in total. The van der Waals surface area contributed by atoms with Crippen LogP contribution in [0.5, 0.6) is 28.7 Å². The molecule has 1 aromatic heterocycles. The van der Waals surface area contributed by atoms with Crippen molar-refractivity contribution >= 4 is 56.5 Å². The normalized spacial score (nSPS) is 10.4. The molecule has 0 unspecified atom stereocenters. The van der Waals surface area contributed by atoms with E-state index < -0.39 is 22.7 Å². The molecule has 2 aromatic carbocycles. The van der Waals surface area contributed by atoms with Crippen LogP contribution in [-0.2, 0) is 0 Å². The van der Waals surface area contributed by atoms with Crippen molar-refractivity contribution in [3.8, 4) is 40.1 Å². The topological polar surface area (TPSA) is 131 Å².